The van der Waals surface area contributed by atoms with Gasteiger partial charge in [-0.25, -0.2) is 0 Å². The second-order valence-electron chi connectivity index (χ2n) is 1.77. The summed E-state index contributed by atoms with van der Waals surface area (Å²) in [5, 5.41) is 4.01. The van der Waals surface area contributed by atoms with Gasteiger partial charge < -0.3 is 5.09 Å². The largest absolute Gasteiger partial charge is 0.369 e. The first-order valence-electron chi connectivity index (χ1n) is 2.65. The van der Waals surface area contributed by atoms with Gasteiger partial charge in [0, 0.05) is 5.69 Å². The normalized spacial score (nSPS) is 9.50. The van der Waals surface area contributed by atoms with Gasteiger partial charge >= 0.3 is 0 Å². The van der Waals surface area contributed by atoms with Gasteiger partial charge in [-0.15, -0.1) is 0 Å². The molecule has 1 aromatic rings. The second-order valence-corrected chi connectivity index (χ2v) is 2.88. The molecular formula is C6H6Cl2NP. The molecule has 0 bridgehead atoms. The van der Waals surface area contributed by atoms with Crippen LogP contribution in [0.15, 0.2) is 18.2 Å². The van der Waals surface area contributed by atoms with E-state index in [1.165, 1.54) is 0 Å². The van der Waals surface area contributed by atoms with Gasteiger partial charge in [0.15, 0.2) is 0 Å². The van der Waals surface area contributed by atoms with Crippen molar-refractivity contribution in [1.29, 1.82) is 0 Å². The fourth-order valence-electron chi connectivity index (χ4n) is 0.586. The molecule has 0 saturated heterocycles. The van der Waals surface area contributed by atoms with Crippen LogP contribution >= 0.6 is 32.6 Å². The highest BCUT2D eigenvalue weighted by Crippen LogP contribution is 2.25. The molecule has 4 heteroatoms. The summed E-state index contributed by atoms with van der Waals surface area (Å²) in [5.41, 5.74) is 0.930. The lowest BCUT2D eigenvalue weighted by atomic mass is 10.3. The second kappa shape index (κ2) is 3.43. The Balaban J connectivity index is 3.04. The maximum Gasteiger partial charge on any atom is 0.0612 e. The zero-order valence-electron chi connectivity index (χ0n) is 5.07. The van der Waals surface area contributed by atoms with E-state index < -0.39 is 0 Å². The predicted octanol–water partition coefficient (Wildman–Crippen LogP) is 3.20. The summed E-state index contributed by atoms with van der Waals surface area (Å²) in [6, 6.07) is 5.36. The first kappa shape index (κ1) is 8.13. The zero-order chi connectivity index (χ0) is 7.56. The summed E-state index contributed by atoms with van der Waals surface area (Å²) < 4.78 is 0. The van der Waals surface area contributed by atoms with Gasteiger partial charge in [0.05, 0.1) is 10.0 Å². The van der Waals surface area contributed by atoms with E-state index in [0.717, 1.165) is 5.69 Å². The van der Waals surface area contributed by atoms with Crippen LogP contribution in [0.3, 0.4) is 0 Å². The fraction of sp³-hybridized carbons (Fsp3) is 0. The van der Waals surface area contributed by atoms with Crippen LogP contribution in [0.25, 0.3) is 0 Å². The standard InChI is InChI=1S/C6H6Cl2NP/c7-5-2-1-4(9-10)3-6(5)8/h1-3,9H,10H2. The predicted molar refractivity (Wildman–Crippen MR) is 49.8 cm³/mol. The smallest absolute Gasteiger partial charge is 0.0612 e. The first-order chi connectivity index (χ1) is 4.74. The van der Waals surface area contributed by atoms with Gasteiger partial charge in [0.2, 0.25) is 0 Å². The maximum absolute atomic E-state index is 5.71. The minimum atomic E-state index is 0.564. The van der Waals surface area contributed by atoms with Crippen molar-refractivity contribution in [2.24, 2.45) is 0 Å². The Kier molecular flexibility index (Phi) is 2.79. The number of nitrogens with one attached hydrogen (secondary N) is 1. The Morgan fingerprint density at radius 2 is 1.90 bits per heavy atom. The summed E-state index contributed by atoms with van der Waals surface area (Å²) in [5.74, 6) is 0. The summed E-state index contributed by atoms with van der Waals surface area (Å²) in [6.07, 6.45) is 0. The quantitative estimate of drug-likeness (QED) is 0.676. The monoisotopic (exact) mass is 193 g/mol. The fourth-order valence-corrected chi connectivity index (χ4v) is 1.06. The minimum Gasteiger partial charge on any atom is -0.369 e. The Bertz CT molecular complexity index is 239. The molecule has 0 aromatic heterocycles. The number of halogens is 2. The number of hydrogen-bond donors (Lipinski definition) is 1. The van der Waals surface area contributed by atoms with Crippen molar-refractivity contribution < 1.29 is 0 Å². The van der Waals surface area contributed by atoms with Crippen molar-refractivity contribution in [3.8, 4) is 0 Å². The van der Waals surface area contributed by atoms with E-state index in [9.17, 15) is 0 Å². The van der Waals surface area contributed by atoms with Crippen molar-refractivity contribution in [3.63, 3.8) is 0 Å². The molecule has 10 heavy (non-hydrogen) atoms. The van der Waals surface area contributed by atoms with E-state index in [-0.39, 0.29) is 0 Å². The maximum atomic E-state index is 5.71. The van der Waals surface area contributed by atoms with Crippen LogP contribution in [-0.4, -0.2) is 0 Å². The van der Waals surface area contributed by atoms with Gasteiger partial charge in [-0.2, -0.15) is 0 Å². The van der Waals surface area contributed by atoms with Crippen LogP contribution in [0.1, 0.15) is 0 Å². The zero-order valence-corrected chi connectivity index (χ0v) is 7.73. The van der Waals surface area contributed by atoms with E-state index in [1.54, 1.807) is 12.1 Å². The molecule has 1 nitrogen and oxygen atoms in total. The Morgan fingerprint density at radius 3 is 2.40 bits per heavy atom. The van der Waals surface area contributed by atoms with Gasteiger partial charge in [-0.05, 0) is 27.6 Å². The molecular weight excluding hydrogens is 188 g/mol. The van der Waals surface area contributed by atoms with E-state index in [0.29, 0.717) is 10.0 Å². The Hall–Kier alpha value is 0.0300. The third-order valence-electron chi connectivity index (χ3n) is 1.09. The number of anilines is 1. The van der Waals surface area contributed by atoms with Gasteiger partial charge in [0.1, 0.15) is 0 Å². The van der Waals surface area contributed by atoms with Gasteiger partial charge in [-0.3, -0.25) is 0 Å². The average molecular weight is 194 g/mol. The molecule has 1 atom stereocenters. The van der Waals surface area contributed by atoms with Crippen LogP contribution < -0.4 is 5.09 Å². The molecule has 54 valence electrons. The van der Waals surface area contributed by atoms with Crippen molar-refractivity contribution in [3.05, 3.63) is 28.2 Å². The van der Waals surface area contributed by atoms with Crippen LogP contribution in [0.4, 0.5) is 5.69 Å². The van der Waals surface area contributed by atoms with Crippen molar-refractivity contribution >= 4 is 38.3 Å². The molecule has 0 aliphatic heterocycles. The van der Waals surface area contributed by atoms with Gasteiger partial charge in [-0.1, -0.05) is 23.2 Å². The van der Waals surface area contributed by atoms with Crippen LogP contribution in [0.2, 0.25) is 10.0 Å². The molecule has 0 fully saturated rings. The first-order valence-corrected chi connectivity index (χ1v) is 3.99. The molecule has 1 N–H and O–H groups in total. The lowest BCUT2D eigenvalue weighted by Crippen LogP contribution is -1.77. The summed E-state index contributed by atoms with van der Waals surface area (Å²) in [7, 11) is 2.38. The van der Waals surface area contributed by atoms with E-state index >= 15 is 0 Å². The molecule has 0 aliphatic carbocycles. The van der Waals surface area contributed by atoms with Crippen LogP contribution in [-0.2, 0) is 0 Å². The molecule has 1 aromatic carbocycles. The molecule has 0 radical (unpaired) electrons. The molecule has 0 spiro atoms. The minimum absolute atomic E-state index is 0.564. The van der Waals surface area contributed by atoms with Crippen molar-refractivity contribution in [2.75, 3.05) is 5.09 Å². The average Bonchev–Trinajstić information content (AvgIpc) is 1.95. The SMILES string of the molecule is PNc1ccc(Cl)c(Cl)c1. The highest BCUT2D eigenvalue weighted by Gasteiger charge is 1.95. The van der Waals surface area contributed by atoms with E-state index in [1.807, 2.05) is 6.07 Å². The third-order valence-corrected chi connectivity index (χ3v) is 2.16. The molecule has 0 amide bonds. The Labute approximate surface area is 72.0 Å². The summed E-state index contributed by atoms with van der Waals surface area (Å²) >= 11 is 11.4. The number of rotatable bonds is 1. The summed E-state index contributed by atoms with van der Waals surface area (Å²) in [4.78, 5) is 0. The number of benzene rings is 1. The topological polar surface area (TPSA) is 12.0 Å². The number of hydrogen-bond acceptors (Lipinski definition) is 1. The van der Waals surface area contributed by atoms with Crippen molar-refractivity contribution in [1.82, 2.24) is 0 Å². The third kappa shape index (κ3) is 1.76. The molecule has 0 saturated carbocycles. The Morgan fingerprint density at radius 1 is 1.20 bits per heavy atom. The van der Waals surface area contributed by atoms with Crippen LogP contribution in [0, 0.1) is 0 Å². The van der Waals surface area contributed by atoms with Crippen LogP contribution in [0.5, 0.6) is 0 Å². The lowest BCUT2D eigenvalue weighted by molar-refractivity contribution is 1.68. The van der Waals surface area contributed by atoms with E-state index in [4.69, 9.17) is 23.2 Å². The van der Waals surface area contributed by atoms with E-state index in [2.05, 4.69) is 14.5 Å². The molecule has 1 unspecified atom stereocenters. The van der Waals surface area contributed by atoms with Gasteiger partial charge in [0.25, 0.3) is 0 Å². The highest BCUT2D eigenvalue weighted by molar-refractivity contribution is 7.18. The summed E-state index contributed by atoms with van der Waals surface area (Å²) in [6.45, 7) is 0. The molecule has 0 heterocycles. The highest BCUT2D eigenvalue weighted by atomic mass is 35.5. The molecule has 0 aliphatic rings. The lowest BCUT2D eigenvalue weighted by Gasteiger charge is -1.99. The van der Waals surface area contributed by atoms with Crippen molar-refractivity contribution in [2.45, 2.75) is 0 Å². The molecule has 1 rings (SSSR count).